The lowest BCUT2D eigenvalue weighted by molar-refractivity contribution is -0.129. The number of fused-ring (bicyclic) bond motifs is 4. The van der Waals surface area contributed by atoms with Gasteiger partial charge >= 0.3 is 5.97 Å². The normalized spacial score (nSPS) is 16.4. The first-order chi connectivity index (χ1) is 19.6. The van der Waals surface area contributed by atoms with Crippen molar-refractivity contribution in [2.24, 2.45) is 5.10 Å². The van der Waals surface area contributed by atoms with Gasteiger partial charge in [0.15, 0.2) is 5.71 Å². The Kier molecular flexibility index (Phi) is 5.67. The summed E-state index contributed by atoms with van der Waals surface area (Å²) in [6.45, 7) is 0.917. The largest absolute Gasteiger partial charge is 0.476 e. The monoisotopic (exact) mass is 523 g/mol. The van der Waals surface area contributed by atoms with Gasteiger partial charge in [0.2, 0.25) is 0 Å². The van der Waals surface area contributed by atoms with Crippen LogP contribution in [0.4, 0.5) is 17.1 Å². The Balaban J connectivity index is 1.11. The van der Waals surface area contributed by atoms with E-state index in [0.717, 1.165) is 30.0 Å². The molecule has 2 aliphatic heterocycles. The molecule has 0 bridgehead atoms. The molecule has 7 rings (SSSR count). The molecule has 1 amide bonds. The lowest BCUT2D eigenvalue weighted by Crippen LogP contribution is -2.22. The number of carboxylic acids is 1. The van der Waals surface area contributed by atoms with Crippen LogP contribution in [0.15, 0.2) is 114 Å². The molecule has 0 atom stereocenters. The van der Waals surface area contributed by atoms with Crippen LogP contribution in [0.25, 0.3) is 17.2 Å². The standard InChI is InChI=1S/C34H25N3O3/c38-33-30(32(34(39)40)35-37(33)26-9-2-1-3-10-26)12-6-7-22-13-16-31-24(19-22)17-18-36(31)27-14-15-29-25(21-27)20-23-8-4-5-11-28(23)29/h1-16,19,21H,17-18,20H2,(H,39,40)/b7-6+,30-12-. The van der Waals surface area contributed by atoms with Gasteiger partial charge < -0.3 is 10.0 Å². The fraction of sp³-hybridized carbons (Fsp3) is 0.0882. The summed E-state index contributed by atoms with van der Waals surface area (Å²) in [6.07, 6.45) is 7.04. The molecule has 0 spiro atoms. The number of hydrogen-bond donors (Lipinski definition) is 1. The number of carbonyl (C=O) groups excluding carboxylic acids is 1. The third-order valence-corrected chi connectivity index (χ3v) is 7.72. The van der Waals surface area contributed by atoms with Gasteiger partial charge in [-0.25, -0.2) is 4.79 Å². The van der Waals surface area contributed by atoms with Crippen molar-refractivity contribution in [3.63, 3.8) is 0 Å². The van der Waals surface area contributed by atoms with E-state index in [2.05, 4.69) is 64.6 Å². The maximum Gasteiger partial charge on any atom is 0.357 e. The van der Waals surface area contributed by atoms with Crippen LogP contribution < -0.4 is 9.91 Å². The fourth-order valence-corrected chi connectivity index (χ4v) is 5.82. The van der Waals surface area contributed by atoms with Crippen LogP contribution in [0, 0.1) is 0 Å². The molecule has 0 saturated heterocycles. The van der Waals surface area contributed by atoms with Crippen molar-refractivity contribution in [1.29, 1.82) is 0 Å². The Morgan fingerprint density at radius 3 is 2.48 bits per heavy atom. The number of aliphatic carboxylic acids is 1. The Labute approximate surface area is 231 Å². The number of carboxylic acid groups (broad SMARTS) is 1. The van der Waals surface area contributed by atoms with E-state index in [0.29, 0.717) is 5.69 Å². The quantitative estimate of drug-likeness (QED) is 0.271. The number of carbonyl (C=O) groups is 2. The minimum absolute atomic E-state index is 0.0544. The molecule has 4 aromatic rings. The highest BCUT2D eigenvalue weighted by Gasteiger charge is 2.34. The zero-order chi connectivity index (χ0) is 27.2. The summed E-state index contributed by atoms with van der Waals surface area (Å²) in [6, 6.07) is 30.6. The van der Waals surface area contributed by atoms with Crippen LogP contribution in [-0.4, -0.2) is 29.2 Å². The number of anilines is 3. The smallest absolute Gasteiger partial charge is 0.357 e. The van der Waals surface area contributed by atoms with Gasteiger partial charge in [-0.1, -0.05) is 66.7 Å². The number of para-hydroxylation sites is 1. The number of nitrogens with zero attached hydrogens (tertiary/aromatic N) is 3. The Hall–Kier alpha value is -5.23. The first-order valence-electron chi connectivity index (χ1n) is 13.3. The van der Waals surface area contributed by atoms with Crippen LogP contribution in [0.2, 0.25) is 0 Å². The van der Waals surface area contributed by atoms with Crippen molar-refractivity contribution in [3.05, 3.63) is 131 Å². The molecule has 6 nitrogen and oxygen atoms in total. The molecule has 0 aromatic heterocycles. The van der Waals surface area contributed by atoms with Crippen molar-refractivity contribution in [2.75, 3.05) is 16.5 Å². The Bertz CT molecular complexity index is 1790. The van der Waals surface area contributed by atoms with Gasteiger partial charge in [-0.2, -0.15) is 10.1 Å². The second-order valence-electron chi connectivity index (χ2n) is 10.1. The number of hydrazone groups is 1. The summed E-state index contributed by atoms with van der Waals surface area (Å²) in [5, 5.41) is 14.8. The second kappa shape index (κ2) is 9.50. The first-order valence-corrected chi connectivity index (χ1v) is 13.3. The van der Waals surface area contributed by atoms with Gasteiger partial charge in [-0.15, -0.1) is 0 Å². The average molecular weight is 524 g/mol. The molecule has 0 unspecified atom stereocenters. The van der Waals surface area contributed by atoms with Gasteiger partial charge in [-0.3, -0.25) is 4.79 Å². The molecule has 4 aromatic carbocycles. The van der Waals surface area contributed by atoms with Crippen LogP contribution in [0.3, 0.4) is 0 Å². The van der Waals surface area contributed by atoms with Crippen molar-refractivity contribution in [1.82, 2.24) is 0 Å². The summed E-state index contributed by atoms with van der Waals surface area (Å²) in [4.78, 5) is 27.1. The molecular formula is C34H25N3O3. The highest BCUT2D eigenvalue weighted by molar-refractivity contribution is 6.52. The summed E-state index contributed by atoms with van der Waals surface area (Å²) in [5.41, 5.74) is 10.4. The van der Waals surface area contributed by atoms with E-state index in [4.69, 9.17) is 0 Å². The van der Waals surface area contributed by atoms with Crippen LogP contribution in [0.5, 0.6) is 0 Å². The Morgan fingerprint density at radius 1 is 0.825 bits per heavy atom. The number of hydrogen-bond acceptors (Lipinski definition) is 4. The van der Waals surface area contributed by atoms with Crippen molar-refractivity contribution >= 4 is 40.7 Å². The number of benzene rings is 4. The summed E-state index contributed by atoms with van der Waals surface area (Å²) < 4.78 is 0. The molecule has 1 N–H and O–H groups in total. The summed E-state index contributed by atoms with van der Waals surface area (Å²) in [5.74, 6) is -1.70. The van der Waals surface area contributed by atoms with E-state index >= 15 is 0 Å². The summed E-state index contributed by atoms with van der Waals surface area (Å²) >= 11 is 0. The molecule has 3 aliphatic rings. The molecule has 0 fully saturated rings. The number of rotatable bonds is 5. The van der Waals surface area contributed by atoms with Crippen molar-refractivity contribution in [3.8, 4) is 11.1 Å². The van der Waals surface area contributed by atoms with Crippen molar-refractivity contribution in [2.45, 2.75) is 12.8 Å². The van der Waals surface area contributed by atoms with Gasteiger partial charge in [0, 0.05) is 17.9 Å². The lowest BCUT2D eigenvalue weighted by Gasteiger charge is -2.20. The average Bonchev–Trinajstić information content (AvgIpc) is 3.66. The van der Waals surface area contributed by atoms with E-state index < -0.39 is 11.9 Å². The predicted octanol–water partition coefficient (Wildman–Crippen LogP) is 6.38. The lowest BCUT2D eigenvalue weighted by atomic mass is 10.0. The SMILES string of the molecule is O=C(O)C1=NN(c2ccccc2)C(=O)/C1=C\C=C\c1ccc2c(c1)CCN2c1ccc2c(c1)Cc1ccccc1-2. The third-order valence-electron chi connectivity index (χ3n) is 7.72. The van der Waals surface area contributed by atoms with Gasteiger partial charge in [0.05, 0.1) is 11.3 Å². The number of allylic oxidation sites excluding steroid dienone is 2. The molecule has 194 valence electrons. The highest BCUT2D eigenvalue weighted by atomic mass is 16.4. The van der Waals surface area contributed by atoms with Crippen LogP contribution >= 0.6 is 0 Å². The third kappa shape index (κ3) is 4.01. The van der Waals surface area contributed by atoms with E-state index in [-0.39, 0.29) is 11.3 Å². The first kappa shape index (κ1) is 23.9. The van der Waals surface area contributed by atoms with Gasteiger partial charge in [-0.05, 0) is 88.7 Å². The molecule has 2 heterocycles. The summed E-state index contributed by atoms with van der Waals surface area (Å²) in [7, 11) is 0. The minimum Gasteiger partial charge on any atom is -0.476 e. The second-order valence-corrected chi connectivity index (χ2v) is 10.1. The number of amides is 1. The van der Waals surface area contributed by atoms with Gasteiger partial charge in [0.1, 0.15) is 0 Å². The highest BCUT2D eigenvalue weighted by Crippen LogP contribution is 2.41. The molecular weight excluding hydrogens is 498 g/mol. The maximum absolute atomic E-state index is 13.0. The molecule has 40 heavy (non-hydrogen) atoms. The maximum atomic E-state index is 13.0. The molecule has 0 radical (unpaired) electrons. The van der Waals surface area contributed by atoms with E-state index in [9.17, 15) is 14.7 Å². The van der Waals surface area contributed by atoms with Crippen LogP contribution in [-0.2, 0) is 22.4 Å². The van der Waals surface area contributed by atoms with E-state index in [1.807, 2.05) is 18.2 Å². The van der Waals surface area contributed by atoms with E-state index in [1.54, 1.807) is 30.3 Å². The van der Waals surface area contributed by atoms with Gasteiger partial charge in [0.25, 0.3) is 5.91 Å². The molecule has 0 saturated carbocycles. The zero-order valence-corrected chi connectivity index (χ0v) is 21.6. The fourth-order valence-electron chi connectivity index (χ4n) is 5.82. The van der Waals surface area contributed by atoms with Crippen molar-refractivity contribution < 1.29 is 14.7 Å². The minimum atomic E-state index is -1.24. The topological polar surface area (TPSA) is 73.2 Å². The van der Waals surface area contributed by atoms with E-state index in [1.165, 1.54) is 45.3 Å². The Morgan fingerprint density at radius 2 is 1.62 bits per heavy atom. The predicted molar refractivity (Wildman–Crippen MR) is 158 cm³/mol. The zero-order valence-electron chi connectivity index (χ0n) is 21.6. The molecule has 1 aliphatic carbocycles. The van der Waals surface area contributed by atoms with Crippen LogP contribution in [0.1, 0.15) is 22.3 Å². The molecule has 6 heteroatoms.